The van der Waals surface area contributed by atoms with Crippen LogP contribution in [0, 0.1) is 5.82 Å². The van der Waals surface area contributed by atoms with Gasteiger partial charge in [0.05, 0.1) is 22.8 Å². The number of tetrazole rings is 1. The van der Waals surface area contributed by atoms with Gasteiger partial charge in [-0.25, -0.2) is 14.1 Å². The van der Waals surface area contributed by atoms with Crippen molar-refractivity contribution in [3.8, 4) is 0 Å². The predicted molar refractivity (Wildman–Crippen MR) is 110 cm³/mol. The van der Waals surface area contributed by atoms with E-state index >= 15 is 0 Å². The van der Waals surface area contributed by atoms with E-state index in [0.717, 1.165) is 17.4 Å². The smallest absolute Gasteiger partial charge is 0.183 e. The molecule has 7 nitrogen and oxygen atoms in total. The largest absolute Gasteiger partial charge is 0.360 e. The molecule has 0 aliphatic rings. The normalized spacial score (nSPS) is 12.5. The van der Waals surface area contributed by atoms with Gasteiger partial charge < -0.3 is 10.6 Å². The second-order valence-electron chi connectivity index (χ2n) is 6.22. The van der Waals surface area contributed by atoms with Crippen molar-refractivity contribution in [3.05, 3.63) is 52.2 Å². The zero-order valence-electron chi connectivity index (χ0n) is 15.3. The molecule has 4 aromatic rings. The standard InChI is InChI=1S/C18H20FN7S2/c1-2-14(17-23-24-25-26(17)11-12-5-4-10-27-12)20-8-9-21-18-22-15-7-3-6-13(19)16(15)28-18/h3-7,10,14,20H,2,8-9,11H2,1H3,(H,21,22). The van der Waals surface area contributed by atoms with Crippen LogP contribution in [0.3, 0.4) is 0 Å². The Hall–Kier alpha value is -2.43. The lowest BCUT2D eigenvalue weighted by Crippen LogP contribution is -2.29. The molecule has 1 unspecified atom stereocenters. The first-order valence-electron chi connectivity index (χ1n) is 9.05. The number of fused-ring (bicyclic) bond motifs is 1. The average molecular weight is 418 g/mol. The summed E-state index contributed by atoms with van der Waals surface area (Å²) >= 11 is 3.02. The third-order valence-corrected chi connectivity index (χ3v) is 6.22. The van der Waals surface area contributed by atoms with E-state index in [4.69, 9.17) is 0 Å². The lowest BCUT2D eigenvalue weighted by atomic mass is 10.2. The Balaban J connectivity index is 1.33. The summed E-state index contributed by atoms with van der Waals surface area (Å²) in [7, 11) is 0. The van der Waals surface area contributed by atoms with Crippen LogP contribution in [0.15, 0.2) is 35.7 Å². The van der Waals surface area contributed by atoms with Crippen molar-refractivity contribution in [2.75, 3.05) is 18.4 Å². The van der Waals surface area contributed by atoms with Crippen LogP contribution in [0.25, 0.3) is 10.2 Å². The number of thiazole rings is 1. The van der Waals surface area contributed by atoms with Gasteiger partial charge in [0, 0.05) is 18.0 Å². The van der Waals surface area contributed by atoms with Gasteiger partial charge in [0.2, 0.25) is 0 Å². The van der Waals surface area contributed by atoms with Gasteiger partial charge in [0.25, 0.3) is 0 Å². The highest BCUT2D eigenvalue weighted by Crippen LogP contribution is 2.27. The van der Waals surface area contributed by atoms with Crippen molar-refractivity contribution in [2.45, 2.75) is 25.9 Å². The molecule has 0 saturated carbocycles. The molecular weight excluding hydrogens is 397 g/mol. The monoisotopic (exact) mass is 417 g/mol. The van der Waals surface area contributed by atoms with E-state index in [1.807, 2.05) is 16.8 Å². The molecule has 0 aliphatic carbocycles. The molecule has 28 heavy (non-hydrogen) atoms. The number of aromatic nitrogens is 5. The molecule has 1 aromatic carbocycles. The zero-order chi connectivity index (χ0) is 19.3. The van der Waals surface area contributed by atoms with E-state index in [0.29, 0.717) is 29.9 Å². The Bertz CT molecular complexity index is 1030. The summed E-state index contributed by atoms with van der Waals surface area (Å²) in [6, 6.07) is 9.12. The van der Waals surface area contributed by atoms with Crippen molar-refractivity contribution < 1.29 is 4.39 Å². The molecule has 0 fully saturated rings. The van der Waals surface area contributed by atoms with E-state index < -0.39 is 0 Å². The second-order valence-corrected chi connectivity index (χ2v) is 8.25. The number of anilines is 1. The summed E-state index contributed by atoms with van der Waals surface area (Å²) in [4.78, 5) is 5.64. The van der Waals surface area contributed by atoms with Crippen LogP contribution < -0.4 is 10.6 Å². The summed E-state index contributed by atoms with van der Waals surface area (Å²) in [6.45, 7) is 4.16. The molecule has 0 saturated heterocycles. The molecule has 2 N–H and O–H groups in total. The van der Waals surface area contributed by atoms with Crippen molar-refractivity contribution in [1.82, 2.24) is 30.5 Å². The molecule has 0 bridgehead atoms. The fourth-order valence-electron chi connectivity index (χ4n) is 2.95. The lowest BCUT2D eigenvalue weighted by molar-refractivity contribution is 0.472. The highest BCUT2D eigenvalue weighted by Gasteiger charge is 2.17. The molecule has 0 aliphatic heterocycles. The van der Waals surface area contributed by atoms with Crippen LogP contribution in [0.4, 0.5) is 9.52 Å². The maximum absolute atomic E-state index is 13.8. The van der Waals surface area contributed by atoms with Crippen LogP contribution in [0.5, 0.6) is 0 Å². The molecule has 0 spiro atoms. The van der Waals surface area contributed by atoms with Crippen molar-refractivity contribution >= 4 is 38.0 Å². The molecule has 0 amide bonds. The summed E-state index contributed by atoms with van der Waals surface area (Å²) < 4.78 is 16.2. The van der Waals surface area contributed by atoms with E-state index in [1.165, 1.54) is 22.3 Å². The van der Waals surface area contributed by atoms with E-state index in [1.54, 1.807) is 17.4 Å². The Kier molecular flexibility index (Phi) is 5.89. The second kappa shape index (κ2) is 8.72. The Morgan fingerprint density at radius 2 is 2.14 bits per heavy atom. The van der Waals surface area contributed by atoms with Gasteiger partial charge in [0.15, 0.2) is 11.0 Å². The van der Waals surface area contributed by atoms with Crippen molar-refractivity contribution in [1.29, 1.82) is 0 Å². The quantitative estimate of drug-likeness (QED) is 0.404. The Morgan fingerprint density at radius 1 is 1.21 bits per heavy atom. The number of thiophene rings is 1. The van der Waals surface area contributed by atoms with Crippen LogP contribution >= 0.6 is 22.7 Å². The number of halogens is 1. The van der Waals surface area contributed by atoms with Crippen LogP contribution in [0.2, 0.25) is 0 Å². The maximum Gasteiger partial charge on any atom is 0.183 e. The van der Waals surface area contributed by atoms with E-state index in [-0.39, 0.29) is 11.9 Å². The van der Waals surface area contributed by atoms with Gasteiger partial charge in [-0.05, 0) is 40.4 Å². The summed E-state index contributed by atoms with van der Waals surface area (Å²) in [5.74, 6) is 0.600. The first kappa shape index (κ1) is 18.9. The summed E-state index contributed by atoms with van der Waals surface area (Å²) in [5, 5.41) is 21.7. The minimum absolute atomic E-state index is 0.0598. The fraction of sp³-hybridized carbons (Fsp3) is 0.333. The molecule has 0 radical (unpaired) electrons. The predicted octanol–water partition coefficient (Wildman–Crippen LogP) is 3.68. The van der Waals surface area contributed by atoms with Crippen molar-refractivity contribution in [2.24, 2.45) is 0 Å². The van der Waals surface area contributed by atoms with Gasteiger partial charge >= 0.3 is 0 Å². The minimum Gasteiger partial charge on any atom is -0.360 e. The van der Waals surface area contributed by atoms with Crippen LogP contribution in [-0.2, 0) is 6.54 Å². The molecular formula is C18H20FN7S2. The molecule has 10 heteroatoms. The van der Waals surface area contributed by atoms with E-state index in [2.05, 4.69) is 49.5 Å². The molecule has 3 aromatic heterocycles. The van der Waals surface area contributed by atoms with Crippen molar-refractivity contribution in [3.63, 3.8) is 0 Å². The first-order chi connectivity index (χ1) is 13.7. The third-order valence-electron chi connectivity index (χ3n) is 4.32. The van der Waals surface area contributed by atoms with Gasteiger partial charge in [-0.3, -0.25) is 0 Å². The minimum atomic E-state index is -0.232. The summed E-state index contributed by atoms with van der Waals surface area (Å²) in [6.07, 6.45) is 0.872. The molecule has 4 rings (SSSR count). The SMILES string of the molecule is CCC(NCCNc1nc2cccc(F)c2s1)c1nnnn1Cc1cccs1. The average Bonchev–Trinajstić information content (AvgIpc) is 3.44. The third kappa shape index (κ3) is 4.18. The molecule has 3 heterocycles. The fourth-order valence-corrected chi connectivity index (χ4v) is 4.53. The van der Waals surface area contributed by atoms with Gasteiger partial charge in [0.1, 0.15) is 5.82 Å². The highest BCUT2D eigenvalue weighted by molar-refractivity contribution is 7.22. The molecule has 146 valence electrons. The van der Waals surface area contributed by atoms with Gasteiger partial charge in [-0.2, -0.15) is 0 Å². The number of benzene rings is 1. The Labute approximate surface area is 169 Å². The zero-order valence-corrected chi connectivity index (χ0v) is 16.9. The maximum atomic E-state index is 13.8. The number of hydrogen-bond donors (Lipinski definition) is 2. The van der Waals surface area contributed by atoms with Gasteiger partial charge in [-0.1, -0.05) is 30.4 Å². The number of nitrogens with one attached hydrogen (secondary N) is 2. The van der Waals surface area contributed by atoms with Crippen LogP contribution in [0.1, 0.15) is 30.1 Å². The highest BCUT2D eigenvalue weighted by atomic mass is 32.1. The van der Waals surface area contributed by atoms with E-state index in [9.17, 15) is 4.39 Å². The number of nitrogens with zero attached hydrogens (tertiary/aromatic N) is 5. The lowest BCUT2D eigenvalue weighted by Gasteiger charge is -2.16. The summed E-state index contributed by atoms with van der Waals surface area (Å²) in [5.41, 5.74) is 0.680. The number of rotatable bonds is 9. The van der Waals surface area contributed by atoms with Crippen LogP contribution in [-0.4, -0.2) is 38.3 Å². The Morgan fingerprint density at radius 3 is 2.93 bits per heavy atom. The van der Waals surface area contributed by atoms with Gasteiger partial charge in [-0.15, -0.1) is 16.4 Å². The first-order valence-corrected chi connectivity index (χ1v) is 10.7. The molecule has 1 atom stereocenters. The topological polar surface area (TPSA) is 80.6 Å². The number of hydrogen-bond acceptors (Lipinski definition) is 8.